The van der Waals surface area contributed by atoms with Crippen LogP contribution < -0.4 is 10.2 Å². The number of nitrogens with one attached hydrogen (secondary N) is 1. The molecule has 1 aliphatic rings. The Morgan fingerprint density at radius 3 is 2.32 bits per heavy atom. The van der Waals surface area contributed by atoms with Crippen LogP contribution in [0.1, 0.15) is 26.3 Å². The first-order valence-electron chi connectivity index (χ1n) is 8.11. The van der Waals surface area contributed by atoms with Crippen molar-refractivity contribution in [2.75, 3.05) is 31.1 Å². The molecule has 1 unspecified atom stereocenters. The number of pyridine rings is 1. The summed E-state index contributed by atoms with van der Waals surface area (Å²) in [4.78, 5) is 19.8. The third-order valence-corrected chi connectivity index (χ3v) is 4.40. The molecule has 0 aromatic carbocycles. The fraction of sp³-hybridized carbons (Fsp3) is 0.625. The molecular weight excluding hydrogens is 357 g/mol. The number of carbonyl (C=O) groups excluding carboxylic acids is 1. The predicted octanol–water partition coefficient (Wildman–Crippen LogP) is 2.79. The SMILES string of the molecule is CC(C)NC(=O)C(C)N1CCN(c2ncc(C(F)(F)F)cc2Cl)CC1. The Labute approximate surface area is 150 Å². The molecule has 5 nitrogen and oxygen atoms in total. The number of piperazine rings is 1. The van der Waals surface area contributed by atoms with E-state index in [0.717, 1.165) is 12.3 Å². The molecule has 1 aliphatic heterocycles. The van der Waals surface area contributed by atoms with Gasteiger partial charge in [0.1, 0.15) is 5.82 Å². The molecular formula is C16H22ClF3N4O. The molecule has 140 valence electrons. The number of amides is 1. The lowest BCUT2D eigenvalue weighted by Gasteiger charge is -2.38. The van der Waals surface area contributed by atoms with Crippen LogP contribution in [0, 0.1) is 0 Å². The van der Waals surface area contributed by atoms with Gasteiger partial charge in [0.25, 0.3) is 0 Å². The van der Waals surface area contributed by atoms with E-state index < -0.39 is 11.7 Å². The summed E-state index contributed by atoms with van der Waals surface area (Å²) in [6.45, 7) is 7.94. The maximum absolute atomic E-state index is 12.7. The van der Waals surface area contributed by atoms with Crippen molar-refractivity contribution in [2.24, 2.45) is 0 Å². The second kappa shape index (κ2) is 7.78. The van der Waals surface area contributed by atoms with Gasteiger partial charge in [0.05, 0.1) is 16.6 Å². The molecule has 0 bridgehead atoms. The third kappa shape index (κ3) is 4.98. The first-order chi connectivity index (χ1) is 11.6. The van der Waals surface area contributed by atoms with Crippen LogP contribution in [0.2, 0.25) is 5.02 Å². The molecule has 1 amide bonds. The van der Waals surface area contributed by atoms with Crippen LogP contribution in [0.3, 0.4) is 0 Å². The van der Waals surface area contributed by atoms with Gasteiger partial charge in [-0.05, 0) is 26.8 Å². The maximum Gasteiger partial charge on any atom is 0.417 e. The molecule has 0 saturated carbocycles. The Morgan fingerprint density at radius 1 is 1.24 bits per heavy atom. The molecule has 1 fully saturated rings. The van der Waals surface area contributed by atoms with Gasteiger partial charge >= 0.3 is 6.18 Å². The number of hydrogen-bond donors (Lipinski definition) is 1. The number of hydrogen-bond acceptors (Lipinski definition) is 4. The normalized spacial score (nSPS) is 17.7. The second-order valence-electron chi connectivity index (χ2n) is 6.39. The number of carbonyl (C=O) groups is 1. The number of nitrogens with zero attached hydrogens (tertiary/aromatic N) is 3. The van der Waals surface area contributed by atoms with Crippen molar-refractivity contribution in [1.82, 2.24) is 15.2 Å². The van der Waals surface area contributed by atoms with Crippen LogP contribution in [-0.2, 0) is 11.0 Å². The molecule has 9 heteroatoms. The summed E-state index contributed by atoms with van der Waals surface area (Å²) >= 11 is 5.99. The molecule has 1 aromatic rings. The Morgan fingerprint density at radius 2 is 1.84 bits per heavy atom. The van der Waals surface area contributed by atoms with Crippen molar-refractivity contribution < 1.29 is 18.0 Å². The Bertz CT molecular complexity index is 616. The van der Waals surface area contributed by atoms with Crippen LogP contribution in [0.5, 0.6) is 0 Å². The Hall–Kier alpha value is -1.54. The monoisotopic (exact) mass is 378 g/mol. The van der Waals surface area contributed by atoms with E-state index in [4.69, 9.17) is 11.6 Å². The minimum Gasteiger partial charge on any atom is -0.353 e. The highest BCUT2D eigenvalue weighted by molar-refractivity contribution is 6.33. The van der Waals surface area contributed by atoms with Gasteiger partial charge in [0, 0.05) is 38.4 Å². The lowest BCUT2D eigenvalue weighted by molar-refractivity contribution is -0.137. The lowest BCUT2D eigenvalue weighted by Crippen LogP contribution is -2.54. The van der Waals surface area contributed by atoms with Gasteiger partial charge in [-0.15, -0.1) is 0 Å². The molecule has 25 heavy (non-hydrogen) atoms. The molecule has 2 rings (SSSR count). The van der Waals surface area contributed by atoms with Gasteiger partial charge in [0.2, 0.25) is 5.91 Å². The highest BCUT2D eigenvalue weighted by Gasteiger charge is 2.33. The van der Waals surface area contributed by atoms with E-state index in [1.807, 2.05) is 30.6 Å². The number of anilines is 1. The number of rotatable bonds is 4. The average molecular weight is 379 g/mol. The van der Waals surface area contributed by atoms with E-state index in [1.54, 1.807) is 0 Å². The van der Waals surface area contributed by atoms with Crippen molar-refractivity contribution in [2.45, 2.75) is 39.0 Å². The van der Waals surface area contributed by atoms with Gasteiger partial charge in [-0.1, -0.05) is 11.6 Å². The summed E-state index contributed by atoms with van der Waals surface area (Å²) in [5.41, 5.74) is -0.862. The standard InChI is InChI=1S/C16H22ClF3N4O/c1-10(2)22-15(25)11(3)23-4-6-24(7-5-23)14-13(17)8-12(9-21-14)16(18,19)20/h8-11H,4-7H2,1-3H3,(H,22,25). The van der Waals surface area contributed by atoms with Crippen LogP contribution in [0.4, 0.5) is 19.0 Å². The van der Waals surface area contributed by atoms with Crippen LogP contribution in [-0.4, -0.2) is 54.1 Å². The summed E-state index contributed by atoms with van der Waals surface area (Å²) in [6.07, 6.45) is -3.67. The molecule has 0 aliphatic carbocycles. The zero-order chi connectivity index (χ0) is 18.8. The largest absolute Gasteiger partial charge is 0.417 e. The molecule has 0 spiro atoms. The van der Waals surface area contributed by atoms with E-state index in [-0.39, 0.29) is 23.0 Å². The molecule has 0 radical (unpaired) electrons. The van der Waals surface area contributed by atoms with E-state index in [0.29, 0.717) is 32.0 Å². The third-order valence-electron chi connectivity index (χ3n) is 4.12. The van der Waals surface area contributed by atoms with E-state index >= 15 is 0 Å². The van der Waals surface area contributed by atoms with Crippen molar-refractivity contribution in [3.8, 4) is 0 Å². The summed E-state index contributed by atoms with van der Waals surface area (Å²) in [5.74, 6) is 0.308. The van der Waals surface area contributed by atoms with Gasteiger partial charge in [0.15, 0.2) is 0 Å². The zero-order valence-corrected chi connectivity index (χ0v) is 15.2. The molecule has 1 atom stereocenters. The predicted molar refractivity (Wildman–Crippen MR) is 90.8 cm³/mol. The molecule has 1 aromatic heterocycles. The van der Waals surface area contributed by atoms with Crippen molar-refractivity contribution in [3.63, 3.8) is 0 Å². The van der Waals surface area contributed by atoms with Crippen molar-refractivity contribution in [3.05, 3.63) is 22.8 Å². The van der Waals surface area contributed by atoms with E-state index in [9.17, 15) is 18.0 Å². The molecule has 1 N–H and O–H groups in total. The van der Waals surface area contributed by atoms with Crippen molar-refractivity contribution in [1.29, 1.82) is 0 Å². The quantitative estimate of drug-likeness (QED) is 0.875. The summed E-state index contributed by atoms with van der Waals surface area (Å²) in [7, 11) is 0. The maximum atomic E-state index is 12.7. The minimum absolute atomic E-state index is 0.0196. The first-order valence-corrected chi connectivity index (χ1v) is 8.49. The minimum atomic E-state index is -4.47. The summed E-state index contributed by atoms with van der Waals surface area (Å²) in [6, 6.07) is 0.710. The smallest absolute Gasteiger partial charge is 0.353 e. The molecule has 2 heterocycles. The lowest BCUT2D eigenvalue weighted by atomic mass is 10.2. The van der Waals surface area contributed by atoms with Crippen LogP contribution in [0.25, 0.3) is 0 Å². The Kier molecular flexibility index (Phi) is 6.16. The average Bonchev–Trinajstić information content (AvgIpc) is 2.53. The zero-order valence-electron chi connectivity index (χ0n) is 14.4. The summed E-state index contributed by atoms with van der Waals surface area (Å²) in [5, 5.41) is 2.86. The highest BCUT2D eigenvalue weighted by Crippen LogP contribution is 2.33. The van der Waals surface area contributed by atoms with Gasteiger partial charge in [-0.25, -0.2) is 4.98 Å². The van der Waals surface area contributed by atoms with E-state index in [1.165, 1.54) is 0 Å². The number of alkyl halides is 3. The van der Waals surface area contributed by atoms with Crippen LogP contribution >= 0.6 is 11.6 Å². The van der Waals surface area contributed by atoms with Gasteiger partial charge < -0.3 is 10.2 Å². The van der Waals surface area contributed by atoms with Gasteiger partial charge in [-0.3, -0.25) is 9.69 Å². The highest BCUT2D eigenvalue weighted by atomic mass is 35.5. The van der Waals surface area contributed by atoms with Gasteiger partial charge in [-0.2, -0.15) is 13.2 Å². The van der Waals surface area contributed by atoms with Crippen molar-refractivity contribution >= 4 is 23.3 Å². The van der Waals surface area contributed by atoms with E-state index in [2.05, 4.69) is 10.3 Å². The number of aromatic nitrogens is 1. The fourth-order valence-electron chi connectivity index (χ4n) is 2.71. The molecule has 1 saturated heterocycles. The van der Waals surface area contributed by atoms with Crippen LogP contribution in [0.15, 0.2) is 12.3 Å². The Balaban J connectivity index is 1.99. The second-order valence-corrected chi connectivity index (χ2v) is 6.80. The first kappa shape index (κ1) is 19.8. The topological polar surface area (TPSA) is 48.5 Å². The number of halogens is 4. The summed E-state index contributed by atoms with van der Waals surface area (Å²) < 4.78 is 38.1. The fourth-order valence-corrected chi connectivity index (χ4v) is 3.00.